The van der Waals surface area contributed by atoms with Gasteiger partial charge in [-0.2, -0.15) is 0 Å². The normalized spacial score (nSPS) is 21.6. The number of carbonyl (C=O) groups is 3. The summed E-state index contributed by atoms with van der Waals surface area (Å²) in [5.41, 5.74) is -0.845. The van der Waals surface area contributed by atoms with E-state index in [9.17, 15) is 27.9 Å². The van der Waals surface area contributed by atoms with Gasteiger partial charge < -0.3 is 19.9 Å². The zero-order chi connectivity index (χ0) is 23.4. The molecule has 1 amide bonds. The van der Waals surface area contributed by atoms with E-state index in [-0.39, 0.29) is 18.0 Å². The average Bonchev–Trinajstić information content (AvgIpc) is 3.38. The molecular formula is C20H28N2O8S. The van der Waals surface area contributed by atoms with Crippen molar-refractivity contribution >= 4 is 28.1 Å². The molecule has 0 spiro atoms. The van der Waals surface area contributed by atoms with Gasteiger partial charge in [-0.1, -0.05) is 18.2 Å². The van der Waals surface area contributed by atoms with Crippen molar-refractivity contribution < 1.29 is 37.4 Å². The molecular weight excluding hydrogens is 428 g/mol. The number of nitrogens with one attached hydrogen (secondary N) is 2. The number of sulfonamides is 1. The third-order valence-electron chi connectivity index (χ3n) is 4.67. The third-order valence-corrected chi connectivity index (χ3v) is 6.11. The highest BCUT2D eigenvalue weighted by atomic mass is 32.2. The van der Waals surface area contributed by atoms with Crippen molar-refractivity contribution in [3.05, 3.63) is 30.3 Å². The first kappa shape index (κ1) is 24.6. The summed E-state index contributed by atoms with van der Waals surface area (Å²) in [5, 5.41) is 11.9. The summed E-state index contributed by atoms with van der Waals surface area (Å²) in [6.45, 7) is 6.38. The van der Waals surface area contributed by atoms with E-state index in [1.54, 1.807) is 45.9 Å². The van der Waals surface area contributed by atoms with Gasteiger partial charge in [0.15, 0.2) is 0 Å². The Balaban J connectivity index is 2.16. The van der Waals surface area contributed by atoms with Crippen LogP contribution in [0.2, 0.25) is 0 Å². The number of rotatable bonds is 9. The number of ether oxygens (including phenoxy) is 2. The Kier molecular flexibility index (Phi) is 7.66. The van der Waals surface area contributed by atoms with E-state index in [0.29, 0.717) is 0 Å². The smallest absolute Gasteiger partial charge is 0.408 e. The Morgan fingerprint density at radius 3 is 2.29 bits per heavy atom. The number of benzene rings is 1. The van der Waals surface area contributed by atoms with Crippen molar-refractivity contribution in [1.82, 2.24) is 10.0 Å². The molecule has 172 valence electrons. The molecule has 1 aromatic carbocycles. The quantitative estimate of drug-likeness (QED) is 0.472. The highest BCUT2D eigenvalue weighted by Crippen LogP contribution is 2.49. The lowest BCUT2D eigenvalue weighted by Crippen LogP contribution is -2.46. The van der Waals surface area contributed by atoms with Crippen molar-refractivity contribution in [2.45, 2.75) is 44.2 Å². The Morgan fingerprint density at radius 1 is 1.16 bits per heavy atom. The monoisotopic (exact) mass is 456 g/mol. The number of carboxylic acids is 1. The van der Waals surface area contributed by atoms with Gasteiger partial charge in [-0.05, 0) is 45.7 Å². The molecule has 31 heavy (non-hydrogen) atoms. The summed E-state index contributed by atoms with van der Waals surface area (Å²) in [7, 11) is -3.85. The Morgan fingerprint density at radius 2 is 1.77 bits per heavy atom. The molecule has 11 heteroatoms. The lowest BCUT2D eigenvalue weighted by atomic mass is 10.1. The van der Waals surface area contributed by atoms with Gasteiger partial charge in [-0.3, -0.25) is 4.79 Å². The number of aliphatic carboxylic acids is 1. The summed E-state index contributed by atoms with van der Waals surface area (Å²) >= 11 is 0. The van der Waals surface area contributed by atoms with Crippen LogP contribution in [-0.2, 0) is 29.1 Å². The van der Waals surface area contributed by atoms with Crippen LogP contribution >= 0.6 is 0 Å². The van der Waals surface area contributed by atoms with Gasteiger partial charge in [-0.25, -0.2) is 22.7 Å². The zero-order valence-corrected chi connectivity index (χ0v) is 18.6. The van der Waals surface area contributed by atoms with Gasteiger partial charge in [0.1, 0.15) is 11.6 Å². The number of alkyl carbamates (subject to hydrolysis) is 1. The van der Waals surface area contributed by atoms with Gasteiger partial charge in [0.05, 0.1) is 17.4 Å². The van der Waals surface area contributed by atoms with E-state index in [1.807, 2.05) is 0 Å². The lowest BCUT2D eigenvalue weighted by Gasteiger charge is -2.22. The minimum absolute atomic E-state index is 0.0431. The topological polar surface area (TPSA) is 148 Å². The maximum atomic E-state index is 12.5. The van der Waals surface area contributed by atoms with Gasteiger partial charge in [-0.15, -0.1) is 0 Å². The second-order valence-corrected chi connectivity index (χ2v) is 9.91. The molecule has 0 saturated heterocycles. The van der Waals surface area contributed by atoms with E-state index in [4.69, 9.17) is 9.47 Å². The summed E-state index contributed by atoms with van der Waals surface area (Å²) in [5.74, 6) is -4.42. The zero-order valence-electron chi connectivity index (χ0n) is 17.8. The summed E-state index contributed by atoms with van der Waals surface area (Å²) in [4.78, 5) is 36.3. The molecule has 3 unspecified atom stereocenters. The summed E-state index contributed by atoms with van der Waals surface area (Å²) in [6.07, 6.45) is -0.946. The van der Waals surface area contributed by atoms with Crippen LogP contribution in [0.25, 0.3) is 0 Å². The number of amides is 1. The molecule has 1 fully saturated rings. The first-order valence-corrected chi connectivity index (χ1v) is 11.3. The number of carbonyl (C=O) groups excluding carboxylic acids is 2. The Labute approximate surface area is 181 Å². The molecule has 1 saturated carbocycles. The van der Waals surface area contributed by atoms with Crippen molar-refractivity contribution in [3.63, 3.8) is 0 Å². The molecule has 2 rings (SSSR count). The molecule has 1 aromatic rings. The lowest BCUT2D eigenvalue weighted by molar-refractivity contribution is -0.145. The first-order valence-electron chi connectivity index (χ1n) is 9.81. The maximum Gasteiger partial charge on any atom is 0.408 e. The van der Waals surface area contributed by atoms with Crippen molar-refractivity contribution in [1.29, 1.82) is 0 Å². The van der Waals surface area contributed by atoms with Crippen LogP contribution in [0.15, 0.2) is 35.2 Å². The molecule has 3 N–H and O–H groups in total. The average molecular weight is 457 g/mol. The molecule has 1 aliphatic carbocycles. The molecule has 0 aromatic heterocycles. The number of esters is 1. The predicted octanol–water partition coefficient (Wildman–Crippen LogP) is 1.37. The molecule has 0 bridgehead atoms. The molecule has 10 nitrogen and oxygen atoms in total. The van der Waals surface area contributed by atoms with Crippen molar-refractivity contribution in [3.8, 4) is 0 Å². The second kappa shape index (κ2) is 9.65. The standard InChI is InChI=1S/C20H28N2O8S/c1-5-29-18(25)15-13(11-21-31(27,28)12-9-7-6-8-10-12)14(15)16(17(23)24)22-19(26)30-20(2,3)4/h6-10,13-16,21H,5,11H2,1-4H3,(H,22,26)(H,23,24)/t13?,14?,15?,16-/m0/s1. The fraction of sp³-hybridized carbons (Fsp3) is 0.550. The summed E-state index contributed by atoms with van der Waals surface area (Å²) in [6, 6.07) is 6.20. The highest BCUT2D eigenvalue weighted by Gasteiger charge is 2.61. The highest BCUT2D eigenvalue weighted by molar-refractivity contribution is 7.89. The molecule has 0 heterocycles. The van der Waals surface area contributed by atoms with Crippen LogP contribution in [-0.4, -0.2) is 56.4 Å². The van der Waals surface area contributed by atoms with Crippen LogP contribution in [0.3, 0.4) is 0 Å². The Bertz CT molecular complexity index is 911. The van der Waals surface area contributed by atoms with Crippen LogP contribution in [0, 0.1) is 17.8 Å². The maximum absolute atomic E-state index is 12.5. The van der Waals surface area contributed by atoms with Crippen molar-refractivity contribution in [2.75, 3.05) is 13.2 Å². The minimum Gasteiger partial charge on any atom is -0.480 e. The third kappa shape index (κ3) is 6.66. The minimum atomic E-state index is -3.85. The predicted molar refractivity (Wildman–Crippen MR) is 110 cm³/mol. The van der Waals surface area contributed by atoms with Gasteiger partial charge in [0, 0.05) is 12.5 Å². The van der Waals surface area contributed by atoms with E-state index in [1.165, 1.54) is 12.1 Å². The number of carboxylic acid groups (broad SMARTS) is 1. The van der Waals surface area contributed by atoms with Crippen LogP contribution < -0.4 is 10.0 Å². The van der Waals surface area contributed by atoms with Gasteiger partial charge in [0.2, 0.25) is 10.0 Å². The van der Waals surface area contributed by atoms with Crippen molar-refractivity contribution in [2.24, 2.45) is 17.8 Å². The molecule has 0 radical (unpaired) electrons. The van der Waals surface area contributed by atoms with Gasteiger partial charge >= 0.3 is 18.0 Å². The van der Waals surface area contributed by atoms with E-state index in [0.717, 1.165) is 0 Å². The summed E-state index contributed by atoms with van der Waals surface area (Å²) < 4.78 is 37.5. The second-order valence-electron chi connectivity index (χ2n) is 8.15. The van der Waals surface area contributed by atoms with E-state index < -0.39 is 57.5 Å². The van der Waals surface area contributed by atoms with Crippen LogP contribution in [0.1, 0.15) is 27.7 Å². The van der Waals surface area contributed by atoms with E-state index in [2.05, 4.69) is 10.0 Å². The Hall–Kier alpha value is -2.66. The number of hydrogen-bond acceptors (Lipinski definition) is 7. The fourth-order valence-electron chi connectivity index (χ4n) is 3.33. The largest absolute Gasteiger partial charge is 0.480 e. The molecule has 0 aliphatic heterocycles. The molecule has 1 aliphatic rings. The van der Waals surface area contributed by atoms with Crippen LogP contribution in [0.5, 0.6) is 0 Å². The van der Waals surface area contributed by atoms with E-state index >= 15 is 0 Å². The van der Waals surface area contributed by atoms with Crippen LogP contribution in [0.4, 0.5) is 4.79 Å². The number of hydrogen-bond donors (Lipinski definition) is 3. The first-order chi connectivity index (χ1) is 14.4. The molecule has 4 atom stereocenters. The SMILES string of the molecule is CCOC(=O)C1C(CNS(=O)(=O)c2ccccc2)C1[C@H](NC(=O)OC(C)(C)C)C(=O)O. The van der Waals surface area contributed by atoms with Gasteiger partial charge in [0.25, 0.3) is 0 Å². The fourth-order valence-corrected chi connectivity index (χ4v) is 4.43.